The van der Waals surface area contributed by atoms with E-state index < -0.39 is 0 Å². The fraction of sp³-hybridized carbons (Fsp3) is 0.455. The van der Waals surface area contributed by atoms with E-state index in [0.717, 1.165) is 25.1 Å². The zero-order valence-corrected chi connectivity index (χ0v) is 17.5. The van der Waals surface area contributed by atoms with Crippen molar-refractivity contribution in [3.05, 3.63) is 36.0 Å². The van der Waals surface area contributed by atoms with Gasteiger partial charge in [0, 0.05) is 30.2 Å². The molecule has 1 aliphatic carbocycles. The fourth-order valence-corrected chi connectivity index (χ4v) is 3.18. The van der Waals surface area contributed by atoms with Crippen molar-refractivity contribution < 1.29 is 14.6 Å². The first kappa shape index (κ1) is 21.7. The lowest BCUT2D eigenvalue weighted by molar-refractivity contribution is 0.102. The molecule has 0 spiro atoms. The largest absolute Gasteiger partial charge is 0.497 e. The van der Waals surface area contributed by atoms with E-state index in [1.165, 1.54) is 6.20 Å². The molecule has 1 saturated carbocycles. The van der Waals surface area contributed by atoms with Gasteiger partial charge in [0.05, 0.1) is 13.2 Å². The van der Waals surface area contributed by atoms with Crippen LogP contribution in [0.4, 0.5) is 17.5 Å². The van der Waals surface area contributed by atoms with Crippen LogP contribution in [0.3, 0.4) is 0 Å². The first-order chi connectivity index (χ1) is 14.6. The molecule has 0 radical (unpaired) electrons. The molecule has 1 fully saturated rings. The number of carbonyl (C=O) groups is 1. The van der Waals surface area contributed by atoms with Gasteiger partial charge in [-0.2, -0.15) is 4.98 Å². The van der Waals surface area contributed by atoms with Gasteiger partial charge < -0.3 is 20.5 Å². The summed E-state index contributed by atoms with van der Waals surface area (Å²) in [5.74, 6) is 1.12. The monoisotopic (exact) mass is 411 g/mol. The number of rotatable bonds is 8. The van der Waals surface area contributed by atoms with E-state index in [1.54, 1.807) is 25.3 Å². The lowest BCUT2D eigenvalue weighted by atomic mass is 9.96. The molecule has 1 amide bonds. The van der Waals surface area contributed by atoms with Gasteiger partial charge >= 0.3 is 0 Å². The average molecular weight is 412 g/mol. The third-order valence-corrected chi connectivity index (χ3v) is 4.95. The first-order valence-corrected chi connectivity index (χ1v) is 10.4. The number of aromatic nitrogens is 2. The summed E-state index contributed by atoms with van der Waals surface area (Å²) < 4.78 is 5.21. The summed E-state index contributed by atoms with van der Waals surface area (Å²) in [4.78, 5) is 26.4. The summed E-state index contributed by atoms with van der Waals surface area (Å²) >= 11 is 0. The molecule has 1 aliphatic rings. The number of aliphatic imine (C=N–C) groups is 1. The number of nitrogens with zero attached hydrogens (tertiary/aromatic N) is 3. The van der Waals surface area contributed by atoms with Gasteiger partial charge in [0.1, 0.15) is 11.3 Å². The topological polar surface area (TPSA) is 109 Å². The molecule has 160 valence electrons. The van der Waals surface area contributed by atoms with Crippen molar-refractivity contribution in [1.82, 2.24) is 9.97 Å². The summed E-state index contributed by atoms with van der Waals surface area (Å²) in [5, 5.41) is 15.8. The van der Waals surface area contributed by atoms with Gasteiger partial charge in [0.15, 0.2) is 5.82 Å². The van der Waals surface area contributed by atoms with Crippen molar-refractivity contribution in [3.63, 3.8) is 0 Å². The summed E-state index contributed by atoms with van der Waals surface area (Å²) in [5.41, 5.74) is 1.86. The van der Waals surface area contributed by atoms with Crippen LogP contribution >= 0.6 is 0 Å². The number of amides is 1. The maximum atomic E-state index is 12.9. The van der Waals surface area contributed by atoms with E-state index in [4.69, 9.17) is 4.74 Å². The number of aliphatic hydroxyl groups excluding tert-OH is 1. The lowest BCUT2D eigenvalue weighted by Gasteiger charge is -2.18. The van der Waals surface area contributed by atoms with Gasteiger partial charge in [0.2, 0.25) is 5.95 Å². The molecule has 0 unspecified atom stereocenters. The number of aliphatic hydroxyl groups is 1. The van der Waals surface area contributed by atoms with Crippen LogP contribution < -0.4 is 15.4 Å². The Hall–Kier alpha value is -3.00. The van der Waals surface area contributed by atoms with Gasteiger partial charge in [-0.3, -0.25) is 4.79 Å². The van der Waals surface area contributed by atoms with Gasteiger partial charge in [-0.25, -0.2) is 9.98 Å². The molecule has 0 aliphatic heterocycles. The Kier molecular flexibility index (Phi) is 7.73. The van der Waals surface area contributed by atoms with Gasteiger partial charge in [-0.1, -0.05) is 19.4 Å². The van der Waals surface area contributed by atoms with Crippen LogP contribution in [0.15, 0.2) is 35.5 Å². The Bertz CT molecular complexity index is 890. The SMILES string of the molecule is CCCCNc1ncc(C(=O)Nc2cccc(OC)c2)c(N=C2CCC(O)CC2)n1. The number of benzene rings is 1. The predicted octanol–water partition coefficient (Wildman–Crippen LogP) is 3.96. The summed E-state index contributed by atoms with van der Waals surface area (Å²) in [7, 11) is 1.58. The lowest BCUT2D eigenvalue weighted by Crippen LogP contribution is -2.18. The van der Waals surface area contributed by atoms with E-state index in [9.17, 15) is 9.90 Å². The van der Waals surface area contributed by atoms with Gasteiger partial charge in [-0.15, -0.1) is 0 Å². The van der Waals surface area contributed by atoms with Crippen LogP contribution in [0.25, 0.3) is 0 Å². The molecule has 0 atom stereocenters. The highest BCUT2D eigenvalue weighted by Crippen LogP contribution is 2.24. The number of hydrogen-bond donors (Lipinski definition) is 3. The minimum Gasteiger partial charge on any atom is -0.497 e. The molecule has 0 bridgehead atoms. The number of carbonyl (C=O) groups excluding carboxylic acids is 1. The smallest absolute Gasteiger partial charge is 0.261 e. The van der Waals surface area contributed by atoms with Crippen molar-refractivity contribution >= 4 is 29.1 Å². The minimum atomic E-state index is -0.335. The molecule has 3 N–H and O–H groups in total. The Morgan fingerprint density at radius 2 is 2.13 bits per heavy atom. The van der Waals surface area contributed by atoms with E-state index in [2.05, 4.69) is 32.5 Å². The van der Waals surface area contributed by atoms with Crippen molar-refractivity contribution in [2.75, 3.05) is 24.3 Å². The highest BCUT2D eigenvalue weighted by molar-refractivity contribution is 6.07. The number of ether oxygens (including phenoxy) is 1. The highest BCUT2D eigenvalue weighted by atomic mass is 16.5. The zero-order valence-electron chi connectivity index (χ0n) is 17.5. The van der Waals surface area contributed by atoms with E-state index in [0.29, 0.717) is 54.4 Å². The molecular formula is C22H29N5O3. The molecule has 3 rings (SSSR count). The molecule has 0 saturated heterocycles. The predicted molar refractivity (Wildman–Crippen MR) is 118 cm³/mol. The quantitative estimate of drug-likeness (QED) is 0.568. The van der Waals surface area contributed by atoms with E-state index in [1.807, 2.05) is 6.07 Å². The highest BCUT2D eigenvalue weighted by Gasteiger charge is 2.19. The summed E-state index contributed by atoms with van der Waals surface area (Å²) in [6.45, 7) is 2.87. The molecule has 1 aromatic heterocycles. The Morgan fingerprint density at radius 3 is 2.87 bits per heavy atom. The second-order valence-electron chi connectivity index (χ2n) is 7.31. The number of nitrogens with one attached hydrogen (secondary N) is 2. The number of anilines is 2. The standard InChI is InChI=1S/C22H29N5O3/c1-3-4-12-23-22-24-14-19(20(27-22)25-15-8-10-17(28)11-9-15)21(29)26-16-6-5-7-18(13-16)30-2/h5-7,13-14,17,28H,3-4,8-12H2,1-2H3,(H,26,29)(H,23,24,27). The Morgan fingerprint density at radius 1 is 1.33 bits per heavy atom. The van der Waals surface area contributed by atoms with Crippen LogP contribution in [0.2, 0.25) is 0 Å². The van der Waals surface area contributed by atoms with Crippen LogP contribution in [-0.2, 0) is 0 Å². The van der Waals surface area contributed by atoms with Crippen molar-refractivity contribution in [1.29, 1.82) is 0 Å². The number of hydrogen-bond acceptors (Lipinski definition) is 7. The fourth-order valence-electron chi connectivity index (χ4n) is 3.18. The van der Waals surface area contributed by atoms with E-state index >= 15 is 0 Å². The van der Waals surface area contributed by atoms with Crippen molar-refractivity contribution in [2.24, 2.45) is 4.99 Å². The molecule has 1 aromatic carbocycles. The second kappa shape index (κ2) is 10.7. The van der Waals surface area contributed by atoms with Crippen LogP contribution in [0.5, 0.6) is 5.75 Å². The number of methoxy groups -OCH3 is 1. The van der Waals surface area contributed by atoms with Gasteiger partial charge in [-0.05, 0) is 44.2 Å². The maximum absolute atomic E-state index is 12.9. The maximum Gasteiger partial charge on any atom is 0.261 e. The second-order valence-corrected chi connectivity index (χ2v) is 7.31. The Balaban J connectivity index is 1.85. The molecule has 8 heteroatoms. The van der Waals surface area contributed by atoms with E-state index in [-0.39, 0.29) is 12.0 Å². The summed E-state index contributed by atoms with van der Waals surface area (Å²) in [6.07, 6.45) is 6.04. The first-order valence-electron chi connectivity index (χ1n) is 10.4. The van der Waals surface area contributed by atoms with Crippen LogP contribution in [-0.4, -0.2) is 46.5 Å². The normalized spacial score (nSPS) is 16.1. The molecule has 8 nitrogen and oxygen atoms in total. The van der Waals surface area contributed by atoms with Gasteiger partial charge in [0.25, 0.3) is 5.91 Å². The minimum absolute atomic E-state index is 0.281. The van der Waals surface area contributed by atoms with Crippen LogP contribution in [0.1, 0.15) is 55.8 Å². The third-order valence-electron chi connectivity index (χ3n) is 4.95. The molecular weight excluding hydrogens is 382 g/mol. The zero-order chi connectivity index (χ0) is 21.3. The van der Waals surface area contributed by atoms with Crippen molar-refractivity contribution in [2.45, 2.75) is 51.6 Å². The Labute approximate surface area is 176 Å². The third kappa shape index (κ3) is 6.00. The molecule has 1 heterocycles. The summed E-state index contributed by atoms with van der Waals surface area (Å²) in [6, 6.07) is 7.15. The van der Waals surface area contributed by atoms with Crippen LogP contribution in [0, 0.1) is 0 Å². The molecule has 30 heavy (non-hydrogen) atoms. The average Bonchev–Trinajstić information content (AvgIpc) is 2.76. The molecule has 2 aromatic rings. The van der Waals surface area contributed by atoms with Crippen molar-refractivity contribution in [3.8, 4) is 5.75 Å². The number of unbranched alkanes of at least 4 members (excludes halogenated alkanes) is 1.